The lowest BCUT2D eigenvalue weighted by molar-refractivity contribution is 0.0945. The van der Waals surface area contributed by atoms with Gasteiger partial charge in [0.1, 0.15) is 12.4 Å². The van der Waals surface area contributed by atoms with E-state index >= 15 is 0 Å². The fourth-order valence-corrected chi connectivity index (χ4v) is 2.23. The first-order valence-corrected chi connectivity index (χ1v) is 7.38. The number of carbonyl (C=O) groups excluding carboxylic acids is 1. The van der Waals surface area contributed by atoms with E-state index in [1.807, 2.05) is 18.3 Å². The second kappa shape index (κ2) is 6.52. The Bertz CT molecular complexity index is 767. The van der Waals surface area contributed by atoms with Crippen molar-refractivity contribution >= 4 is 21.8 Å². The summed E-state index contributed by atoms with van der Waals surface area (Å²) in [7, 11) is 0. The zero-order valence-electron chi connectivity index (χ0n) is 11.6. The van der Waals surface area contributed by atoms with Gasteiger partial charge in [0.15, 0.2) is 0 Å². The molecule has 0 atom stereocenters. The van der Waals surface area contributed by atoms with E-state index < -0.39 is 0 Å². The van der Waals surface area contributed by atoms with Crippen molar-refractivity contribution in [3.05, 3.63) is 64.9 Å². The summed E-state index contributed by atoms with van der Waals surface area (Å²) < 4.78 is 4.27. The number of rotatable bonds is 5. The average molecular weight is 361 g/mol. The second-order valence-electron chi connectivity index (χ2n) is 4.62. The predicted molar refractivity (Wildman–Crippen MR) is 83.0 cm³/mol. The van der Waals surface area contributed by atoms with Crippen molar-refractivity contribution < 1.29 is 4.79 Å². The number of nitrogens with zero attached hydrogens (tertiary/aromatic N) is 5. The van der Waals surface area contributed by atoms with Crippen LogP contribution in [0.3, 0.4) is 0 Å². The molecule has 0 aromatic carbocycles. The minimum atomic E-state index is -0.218. The molecule has 0 bridgehead atoms. The molecule has 0 aliphatic rings. The molecular formula is C14H13BrN6O. The van der Waals surface area contributed by atoms with Gasteiger partial charge in [-0.2, -0.15) is 10.2 Å². The maximum absolute atomic E-state index is 12.1. The third kappa shape index (κ3) is 3.59. The molecule has 112 valence electrons. The summed E-state index contributed by atoms with van der Waals surface area (Å²) in [6, 6.07) is 5.41. The average Bonchev–Trinajstić information content (AvgIpc) is 3.16. The first-order valence-electron chi connectivity index (χ1n) is 6.59. The van der Waals surface area contributed by atoms with Gasteiger partial charge in [-0.3, -0.25) is 14.5 Å². The van der Waals surface area contributed by atoms with Crippen molar-refractivity contribution in [2.45, 2.75) is 13.2 Å². The van der Waals surface area contributed by atoms with Gasteiger partial charge in [-0.05, 0) is 33.6 Å². The monoisotopic (exact) mass is 360 g/mol. The molecule has 0 saturated carbocycles. The van der Waals surface area contributed by atoms with E-state index in [4.69, 9.17) is 0 Å². The second-order valence-corrected chi connectivity index (χ2v) is 5.54. The molecule has 22 heavy (non-hydrogen) atoms. The van der Waals surface area contributed by atoms with Crippen LogP contribution in [0.2, 0.25) is 0 Å². The molecule has 3 rings (SSSR count). The van der Waals surface area contributed by atoms with Crippen LogP contribution in [0.15, 0.2) is 53.7 Å². The summed E-state index contributed by atoms with van der Waals surface area (Å²) in [5.74, 6) is -0.218. The molecule has 1 amide bonds. The van der Waals surface area contributed by atoms with Crippen LogP contribution in [0.1, 0.15) is 16.1 Å². The molecule has 7 nitrogen and oxygen atoms in total. The molecule has 3 heterocycles. The van der Waals surface area contributed by atoms with Gasteiger partial charge >= 0.3 is 0 Å². The maximum atomic E-state index is 12.1. The Morgan fingerprint density at radius 3 is 2.91 bits per heavy atom. The zero-order valence-corrected chi connectivity index (χ0v) is 13.1. The van der Waals surface area contributed by atoms with Crippen molar-refractivity contribution in [2.75, 3.05) is 0 Å². The van der Waals surface area contributed by atoms with Crippen molar-refractivity contribution in [3.8, 4) is 0 Å². The smallest absolute Gasteiger partial charge is 0.272 e. The molecule has 0 aliphatic carbocycles. The Hall–Kier alpha value is -2.48. The van der Waals surface area contributed by atoms with E-state index in [1.165, 1.54) is 0 Å². The Labute approximate surface area is 135 Å². The number of pyridine rings is 1. The van der Waals surface area contributed by atoms with Gasteiger partial charge in [-0.1, -0.05) is 6.07 Å². The zero-order chi connectivity index (χ0) is 15.4. The quantitative estimate of drug-likeness (QED) is 0.750. The number of aromatic nitrogens is 5. The summed E-state index contributed by atoms with van der Waals surface area (Å²) >= 11 is 3.33. The molecule has 0 saturated heterocycles. The van der Waals surface area contributed by atoms with E-state index in [2.05, 4.69) is 36.4 Å². The van der Waals surface area contributed by atoms with Gasteiger partial charge < -0.3 is 5.32 Å². The number of hydrogen-bond donors (Lipinski definition) is 1. The van der Waals surface area contributed by atoms with Crippen molar-refractivity contribution in [2.24, 2.45) is 0 Å². The molecule has 0 radical (unpaired) electrons. The van der Waals surface area contributed by atoms with Crippen LogP contribution in [0, 0.1) is 0 Å². The van der Waals surface area contributed by atoms with Crippen LogP contribution < -0.4 is 5.32 Å². The molecule has 0 spiro atoms. The molecule has 0 unspecified atom stereocenters. The van der Waals surface area contributed by atoms with Gasteiger partial charge in [0.2, 0.25) is 0 Å². The third-order valence-corrected chi connectivity index (χ3v) is 3.35. The highest BCUT2D eigenvalue weighted by atomic mass is 79.9. The molecule has 3 aromatic heterocycles. The number of amides is 1. The lowest BCUT2D eigenvalue weighted by Gasteiger charge is -2.03. The molecule has 8 heteroatoms. The largest absolute Gasteiger partial charge is 0.347 e. The molecule has 1 N–H and O–H groups in total. The van der Waals surface area contributed by atoms with E-state index in [1.54, 1.807) is 40.2 Å². The lowest BCUT2D eigenvalue weighted by atomic mass is 10.3. The summed E-state index contributed by atoms with van der Waals surface area (Å²) in [5.41, 5.74) is 1.31. The van der Waals surface area contributed by atoms with Crippen LogP contribution in [-0.2, 0) is 13.2 Å². The maximum Gasteiger partial charge on any atom is 0.272 e. The van der Waals surface area contributed by atoms with Gasteiger partial charge in [0.05, 0.1) is 10.7 Å². The SMILES string of the molecule is O=C(NCc1cccnc1)c1ccn(Cn2cc(Br)cn2)n1. The van der Waals surface area contributed by atoms with Gasteiger partial charge in [-0.15, -0.1) is 0 Å². The first-order chi connectivity index (χ1) is 10.7. The van der Waals surface area contributed by atoms with E-state index in [9.17, 15) is 4.79 Å². The Kier molecular flexibility index (Phi) is 4.29. The fourth-order valence-electron chi connectivity index (χ4n) is 1.90. The minimum Gasteiger partial charge on any atom is -0.347 e. The highest BCUT2D eigenvalue weighted by Crippen LogP contribution is 2.06. The predicted octanol–water partition coefficient (Wildman–Crippen LogP) is 1.67. The number of hydrogen-bond acceptors (Lipinski definition) is 4. The molecule has 3 aromatic rings. The number of halogens is 1. The summed E-state index contributed by atoms with van der Waals surface area (Å²) in [4.78, 5) is 16.1. The third-order valence-electron chi connectivity index (χ3n) is 2.94. The van der Waals surface area contributed by atoms with Gasteiger partial charge in [0.25, 0.3) is 5.91 Å². The highest BCUT2D eigenvalue weighted by molar-refractivity contribution is 9.10. The standard InChI is InChI=1S/C14H13BrN6O/c15-12-8-18-21(9-12)10-20-5-3-13(19-20)14(22)17-7-11-2-1-4-16-6-11/h1-6,8-9H,7,10H2,(H,17,22). The normalized spacial score (nSPS) is 10.6. The molecule has 0 aliphatic heterocycles. The Morgan fingerprint density at radius 1 is 1.27 bits per heavy atom. The van der Waals surface area contributed by atoms with E-state index in [0.717, 1.165) is 10.0 Å². The number of carbonyl (C=O) groups is 1. The van der Waals surface area contributed by atoms with Crippen LogP contribution in [0.4, 0.5) is 0 Å². The van der Waals surface area contributed by atoms with Crippen LogP contribution in [-0.4, -0.2) is 30.5 Å². The van der Waals surface area contributed by atoms with Crippen LogP contribution in [0.25, 0.3) is 0 Å². The Balaban J connectivity index is 1.59. The highest BCUT2D eigenvalue weighted by Gasteiger charge is 2.09. The summed E-state index contributed by atoms with van der Waals surface area (Å²) in [6.07, 6.45) is 8.69. The van der Waals surface area contributed by atoms with Gasteiger partial charge in [0, 0.05) is 31.3 Å². The summed E-state index contributed by atoms with van der Waals surface area (Å²) in [5, 5.41) is 11.2. The first kappa shape index (κ1) is 14.5. The van der Waals surface area contributed by atoms with Gasteiger partial charge in [-0.25, -0.2) is 4.68 Å². The van der Waals surface area contributed by atoms with Crippen molar-refractivity contribution in [1.29, 1.82) is 0 Å². The lowest BCUT2D eigenvalue weighted by Crippen LogP contribution is -2.23. The number of nitrogens with one attached hydrogen (secondary N) is 1. The van der Waals surface area contributed by atoms with Crippen molar-refractivity contribution in [1.82, 2.24) is 29.9 Å². The van der Waals surface area contributed by atoms with E-state index in [0.29, 0.717) is 18.9 Å². The van der Waals surface area contributed by atoms with Crippen molar-refractivity contribution in [3.63, 3.8) is 0 Å². The fraction of sp³-hybridized carbons (Fsp3) is 0.143. The van der Waals surface area contributed by atoms with E-state index in [-0.39, 0.29) is 5.91 Å². The van der Waals surface area contributed by atoms with Crippen LogP contribution >= 0.6 is 15.9 Å². The summed E-state index contributed by atoms with van der Waals surface area (Å²) in [6.45, 7) is 0.868. The molecular weight excluding hydrogens is 348 g/mol. The molecule has 0 fully saturated rings. The Morgan fingerprint density at radius 2 is 2.18 bits per heavy atom. The van der Waals surface area contributed by atoms with Crippen LogP contribution in [0.5, 0.6) is 0 Å². The minimum absolute atomic E-state index is 0.218. The topological polar surface area (TPSA) is 77.6 Å².